The van der Waals surface area contributed by atoms with E-state index in [-0.39, 0.29) is 12.5 Å². The molecule has 0 atom stereocenters. The van der Waals surface area contributed by atoms with Crippen molar-refractivity contribution in [2.24, 2.45) is 0 Å². The van der Waals surface area contributed by atoms with Crippen LogP contribution in [0.4, 0.5) is 0 Å². The van der Waals surface area contributed by atoms with Gasteiger partial charge in [-0.2, -0.15) is 0 Å². The van der Waals surface area contributed by atoms with Gasteiger partial charge in [-0.15, -0.1) is 6.58 Å². The number of hydrazine groups is 1. The molecule has 1 aromatic rings. The van der Waals surface area contributed by atoms with E-state index in [1.165, 1.54) is 0 Å². The number of carbonyl (C=O) groups excluding carboxylic acids is 1. The maximum atomic E-state index is 11.4. The van der Waals surface area contributed by atoms with Crippen molar-refractivity contribution in [3.05, 3.63) is 41.9 Å². The molecule has 0 aliphatic rings. The molecule has 0 fully saturated rings. The summed E-state index contributed by atoms with van der Waals surface area (Å²) in [6.45, 7) is 3.92. The first kappa shape index (κ1) is 15.3. The summed E-state index contributed by atoms with van der Waals surface area (Å²) in [6, 6.07) is 6.72. The molecule has 19 heavy (non-hydrogen) atoms. The highest BCUT2D eigenvalue weighted by Crippen LogP contribution is 2.15. The van der Waals surface area contributed by atoms with Crippen LogP contribution in [-0.4, -0.2) is 24.2 Å². The van der Waals surface area contributed by atoms with Crippen molar-refractivity contribution in [2.75, 3.05) is 13.2 Å². The second kappa shape index (κ2) is 8.34. The van der Waals surface area contributed by atoms with Crippen molar-refractivity contribution >= 4 is 34.8 Å². The quantitative estimate of drug-likeness (QED) is 0.436. The molecule has 0 bridgehead atoms. The summed E-state index contributed by atoms with van der Waals surface area (Å²) in [5, 5.41) is 3.71. The summed E-state index contributed by atoms with van der Waals surface area (Å²) in [7, 11) is 0. The van der Waals surface area contributed by atoms with Crippen molar-refractivity contribution in [1.29, 1.82) is 0 Å². The molecule has 0 heterocycles. The number of carbonyl (C=O) groups is 1. The van der Waals surface area contributed by atoms with Crippen molar-refractivity contribution in [1.82, 2.24) is 16.2 Å². The standard InChI is InChI=1S/C12H14ClN3O2S/c1-2-7-14-12(19)16-15-11(17)8-18-10-5-3-9(13)4-6-10/h2-6H,1,7-8H2,(H,15,17)(H2,14,16,19). The van der Waals surface area contributed by atoms with Gasteiger partial charge in [0.05, 0.1) is 0 Å². The van der Waals surface area contributed by atoms with Gasteiger partial charge < -0.3 is 10.1 Å². The predicted octanol–water partition coefficient (Wildman–Crippen LogP) is 1.40. The molecule has 1 amide bonds. The number of amides is 1. The van der Waals surface area contributed by atoms with Crippen LogP contribution in [0.25, 0.3) is 0 Å². The second-order valence-corrected chi connectivity index (χ2v) is 4.26. The number of rotatable bonds is 5. The summed E-state index contributed by atoms with van der Waals surface area (Å²) >= 11 is 10.6. The van der Waals surface area contributed by atoms with Gasteiger partial charge in [0.15, 0.2) is 11.7 Å². The van der Waals surface area contributed by atoms with E-state index >= 15 is 0 Å². The highest BCUT2D eigenvalue weighted by molar-refractivity contribution is 7.80. The Morgan fingerprint density at radius 1 is 1.37 bits per heavy atom. The molecule has 1 aromatic carbocycles. The number of thiocarbonyl (C=S) groups is 1. The lowest BCUT2D eigenvalue weighted by Crippen LogP contribution is -2.48. The SMILES string of the molecule is C=CCNC(=S)NNC(=O)COc1ccc(Cl)cc1. The van der Waals surface area contributed by atoms with E-state index < -0.39 is 0 Å². The van der Waals surface area contributed by atoms with Crippen LogP contribution >= 0.6 is 23.8 Å². The molecule has 0 aromatic heterocycles. The Balaban J connectivity index is 2.22. The maximum absolute atomic E-state index is 11.4. The molecule has 0 aliphatic heterocycles. The van der Waals surface area contributed by atoms with E-state index in [0.717, 1.165) is 0 Å². The van der Waals surface area contributed by atoms with Gasteiger partial charge in [0.2, 0.25) is 0 Å². The van der Waals surface area contributed by atoms with Gasteiger partial charge in [-0.25, -0.2) is 0 Å². The smallest absolute Gasteiger partial charge is 0.276 e. The minimum absolute atomic E-state index is 0.126. The van der Waals surface area contributed by atoms with Gasteiger partial charge in [-0.05, 0) is 36.5 Å². The number of hydrogen-bond acceptors (Lipinski definition) is 3. The lowest BCUT2D eigenvalue weighted by Gasteiger charge is -2.11. The molecule has 5 nitrogen and oxygen atoms in total. The summed E-state index contributed by atoms with van der Waals surface area (Å²) in [4.78, 5) is 11.4. The van der Waals surface area contributed by atoms with Gasteiger partial charge >= 0.3 is 0 Å². The Hall–Kier alpha value is -1.79. The largest absolute Gasteiger partial charge is 0.484 e. The molecule has 0 aliphatic carbocycles. The molecule has 7 heteroatoms. The van der Waals surface area contributed by atoms with Gasteiger partial charge in [-0.1, -0.05) is 17.7 Å². The zero-order chi connectivity index (χ0) is 14.1. The first-order valence-corrected chi connectivity index (χ1v) is 6.22. The van der Waals surface area contributed by atoms with E-state index in [9.17, 15) is 4.79 Å². The molecule has 0 radical (unpaired) electrons. The number of nitrogens with one attached hydrogen (secondary N) is 3. The first-order chi connectivity index (χ1) is 9.11. The number of halogens is 1. The van der Waals surface area contributed by atoms with Crippen LogP contribution in [0.1, 0.15) is 0 Å². The normalized spacial score (nSPS) is 9.32. The fourth-order valence-electron chi connectivity index (χ4n) is 1.05. The third kappa shape index (κ3) is 6.64. The highest BCUT2D eigenvalue weighted by Gasteiger charge is 2.03. The predicted molar refractivity (Wildman–Crippen MR) is 79.0 cm³/mol. The fourth-order valence-corrected chi connectivity index (χ4v) is 1.31. The minimum Gasteiger partial charge on any atom is -0.484 e. The van der Waals surface area contributed by atoms with Crippen molar-refractivity contribution in [3.8, 4) is 5.75 Å². The lowest BCUT2D eigenvalue weighted by atomic mass is 10.3. The third-order valence-electron chi connectivity index (χ3n) is 1.91. The minimum atomic E-state index is -0.349. The van der Waals surface area contributed by atoms with Crippen LogP contribution in [0.2, 0.25) is 5.02 Å². The molecule has 0 saturated heterocycles. The number of benzene rings is 1. The highest BCUT2D eigenvalue weighted by atomic mass is 35.5. The van der Waals surface area contributed by atoms with E-state index in [0.29, 0.717) is 22.4 Å². The lowest BCUT2D eigenvalue weighted by molar-refractivity contribution is -0.123. The Kier molecular flexibility index (Phi) is 6.70. The summed E-state index contributed by atoms with van der Waals surface area (Å²) in [5.41, 5.74) is 4.93. The molecular formula is C12H14ClN3O2S. The van der Waals surface area contributed by atoms with Gasteiger partial charge in [-0.3, -0.25) is 15.6 Å². The third-order valence-corrected chi connectivity index (χ3v) is 2.40. The Morgan fingerprint density at radius 2 is 2.05 bits per heavy atom. The molecule has 0 saturated carbocycles. The Bertz CT molecular complexity index is 451. The van der Waals surface area contributed by atoms with Crippen LogP contribution in [0, 0.1) is 0 Å². The summed E-state index contributed by atoms with van der Waals surface area (Å²) in [5.74, 6) is 0.213. The monoisotopic (exact) mass is 299 g/mol. The topological polar surface area (TPSA) is 62.4 Å². The van der Waals surface area contributed by atoms with E-state index in [2.05, 4.69) is 22.7 Å². The molecule has 0 unspecified atom stereocenters. The van der Waals surface area contributed by atoms with Gasteiger partial charge in [0.25, 0.3) is 5.91 Å². The zero-order valence-corrected chi connectivity index (χ0v) is 11.7. The molecule has 1 rings (SSSR count). The van der Waals surface area contributed by atoms with Crippen LogP contribution in [0.15, 0.2) is 36.9 Å². The molecule has 102 valence electrons. The Labute approximate surface area is 121 Å². The van der Waals surface area contributed by atoms with E-state index in [4.69, 9.17) is 28.6 Å². The van der Waals surface area contributed by atoms with Crippen molar-refractivity contribution in [2.45, 2.75) is 0 Å². The van der Waals surface area contributed by atoms with Gasteiger partial charge in [0.1, 0.15) is 5.75 Å². The van der Waals surface area contributed by atoms with Crippen molar-refractivity contribution < 1.29 is 9.53 Å². The fraction of sp³-hybridized carbons (Fsp3) is 0.167. The van der Waals surface area contributed by atoms with Crippen LogP contribution < -0.4 is 20.9 Å². The van der Waals surface area contributed by atoms with Crippen LogP contribution in [-0.2, 0) is 4.79 Å². The molecule has 3 N–H and O–H groups in total. The van der Waals surface area contributed by atoms with Crippen molar-refractivity contribution in [3.63, 3.8) is 0 Å². The summed E-state index contributed by atoms with van der Waals surface area (Å²) in [6.07, 6.45) is 1.65. The molecule has 0 spiro atoms. The average Bonchev–Trinajstić information content (AvgIpc) is 2.42. The average molecular weight is 300 g/mol. The van der Waals surface area contributed by atoms with E-state index in [1.807, 2.05) is 0 Å². The van der Waals surface area contributed by atoms with Crippen LogP contribution in [0.5, 0.6) is 5.75 Å². The van der Waals surface area contributed by atoms with Gasteiger partial charge in [0, 0.05) is 11.6 Å². The number of ether oxygens (including phenoxy) is 1. The van der Waals surface area contributed by atoms with Crippen LogP contribution in [0.3, 0.4) is 0 Å². The summed E-state index contributed by atoms with van der Waals surface area (Å²) < 4.78 is 5.25. The Morgan fingerprint density at radius 3 is 2.68 bits per heavy atom. The maximum Gasteiger partial charge on any atom is 0.276 e. The molecular weight excluding hydrogens is 286 g/mol. The zero-order valence-electron chi connectivity index (χ0n) is 10.1. The second-order valence-electron chi connectivity index (χ2n) is 3.41. The first-order valence-electron chi connectivity index (χ1n) is 5.44. The van der Waals surface area contributed by atoms with E-state index in [1.54, 1.807) is 30.3 Å². The number of hydrogen-bond donors (Lipinski definition) is 3.